The number of aryl methyl sites for hydroxylation is 1. The van der Waals surface area contributed by atoms with Gasteiger partial charge in [-0.2, -0.15) is 0 Å². The topological polar surface area (TPSA) is 50.7 Å². The Morgan fingerprint density at radius 3 is 3.00 bits per heavy atom. The first-order chi connectivity index (χ1) is 6.88. The van der Waals surface area contributed by atoms with Crippen molar-refractivity contribution >= 4 is 27.9 Å². The van der Waals surface area contributed by atoms with Crippen molar-refractivity contribution in [3.63, 3.8) is 0 Å². The van der Waals surface area contributed by atoms with Gasteiger partial charge in [-0.15, -0.1) is 16.4 Å². The van der Waals surface area contributed by atoms with Crippen LogP contribution in [0.3, 0.4) is 0 Å². The molecule has 2 aromatic rings. The molecule has 0 saturated heterocycles. The van der Waals surface area contributed by atoms with Crippen molar-refractivity contribution in [2.75, 3.05) is 5.32 Å². The highest BCUT2D eigenvalue weighted by Gasteiger charge is 2.00. The van der Waals surface area contributed by atoms with Crippen molar-refractivity contribution in [2.45, 2.75) is 19.9 Å². The number of hydrogen-bond acceptors (Lipinski definition) is 6. The van der Waals surface area contributed by atoms with Crippen LogP contribution in [0.5, 0.6) is 0 Å². The molecule has 0 aliphatic heterocycles. The van der Waals surface area contributed by atoms with E-state index in [4.69, 9.17) is 0 Å². The highest BCUT2D eigenvalue weighted by Crippen LogP contribution is 2.16. The molecular weight excluding hydrogens is 216 g/mol. The first-order valence-electron chi connectivity index (χ1n) is 4.33. The molecule has 0 saturated carbocycles. The maximum Gasteiger partial charge on any atom is 0.130 e. The van der Waals surface area contributed by atoms with E-state index < -0.39 is 0 Å². The molecule has 0 unspecified atom stereocenters. The van der Waals surface area contributed by atoms with Crippen LogP contribution in [-0.4, -0.2) is 14.6 Å². The van der Waals surface area contributed by atoms with Crippen molar-refractivity contribution in [1.82, 2.24) is 14.6 Å². The normalized spacial score (nSPS) is 10.4. The van der Waals surface area contributed by atoms with Crippen LogP contribution in [0, 0.1) is 0 Å². The molecular formula is C8H10N4S2. The minimum absolute atomic E-state index is 0.807. The summed E-state index contributed by atoms with van der Waals surface area (Å²) in [6.07, 6.45) is 4.66. The van der Waals surface area contributed by atoms with Gasteiger partial charge in [0.15, 0.2) is 0 Å². The second-order valence-electron chi connectivity index (χ2n) is 2.71. The molecule has 0 amide bonds. The van der Waals surface area contributed by atoms with Crippen molar-refractivity contribution in [3.8, 4) is 0 Å². The summed E-state index contributed by atoms with van der Waals surface area (Å²) in [7, 11) is 0. The fourth-order valence-electron chi connectivity index (χ4n) is 1.01. The van der Waals surface area contributed by atoms with Crippen molar-refractivity contribution in [3.05, 3.63) is 22.3 Å². The quantitative estimate of drug-likeness (QED) is 0.868. The Labute approximate surface area is 90.2 Å². The third-order valence-corrected chi connectivity index (χ3v) is 3.47. The van der Waals surface area contributed by atoms with Gasteiger partial charge in [-0.25, -0.2) is 4.98 Å². The Kier molecular flexibility index (Phi) is 3.05. The Bertz CT molecular complexity index is 382. The van der Waals surface area contributed by atoms with Crippen LogP contribution < -0.4 is 5.32 Å². The minimum Gasteiger partial charge on any atom is -0.369 e. The molecule has 0 aromatic carbocycles. The molecule has 2 aromatic heterocycles. The van der Waals surface area contributed by atoms with E-state index in [2.05, 4.69) is 26.8 Å². The van der Waals surface area contributed by atoms with Gasteiger partial charge < -0.3 is 5.32 Å². The lowest BCUT2D eigenvalue weighted by atomic mass is 10.5. The predicted molar refractivity (Wildman–Crippen MR) is 58.7 cm³/mol. The zero-order valence-corrected chi connectivity index (χ0v) is 9.36. The Balaban J connectivity index is 1.92. The number of thiazole rings is 1. The van der Waals surface area contributed by atoms with Gasteiger partial charge >= 0.3 is 0 Å². The molecule has 4 nitrogen and oxygen atoms in total. The zero-order chi connectivity index (χ0) is 9.80. The SMILES string of the molecule is CCc1ncc(CNc2cnns2)s1. The summed E-state index contributed by atoms with van der Waals surface area (Å²) in [4.78, 5) is 5.53. The third kappa shape index (κ3) is 2.27. The van der Waals surface area contributed by atoms with E-state index in [9.17, 15) is 0 Å². The Hall–Kier alpha value is -1.01. The molecule has 1 N–H and O–H groups in total. The number of nitrogens with one attached hydrogen (secondary N) is 1. The standard InChI is InChI=1S/C8H10N4S2/c1-2-7-9-3-6(13-7)4-10-8-5-11-12-14-8/h3,5,10H,2,4H2,1H3. The molecule has 0 atom stereocenters. The highest BCUT2D eigenvalue weighted by molar-refractivity contribution is 7.11. The lowest BCUT2D eigenvalue weighted by Crippen LogP contribution is -1.94. The maximum absolute atomic E-state index is 4.29. The number of anilines is 1. The van der Waals surface area contributed by atoms with E-state index in [1.807, 2.05) is 6.20 Å². The van der Waals surface area contributed by atoms with E-state index in [0.717, 1.165) is 18.0 Å². The van der Waals surface area contributed by atoms with Gasteiger partial charge in [-0.3, -0.25) is 0 Å². The van der Waals surface area contributed by atoms with Gasteiger partial charge in [-0.1, -0.05) is 11.4 Å². The zero-order valence-electron chi connectivity index (χ0n) is 7.73. The van der Waals surface area contributed by atoms with Crippen LogP contribution in [0.15, 0.2) is 12.4 Å². The monoisotopic (exact) mass is 226 g/mol. The average molecular weight is 226 g/mol. The summed E-state index contributed by atoms with van der Waals surface area (Å²) >= 11 is 3.11. The van der Waals surface area contributed by atoms with Gasteiger partial charge in [0, 0.05) is 22.6 Å². The molecule has 2 heterocycles. The molecule has 0 radical (unpaired) electrons. The molecule has 6 heteroatoms. The predicted octanol–water partition coefficient (Wildman–Crippen LogP) is 2.17. The second kappa shape index (κ2) is 4.47. The van der Waals surface area contributed by atoms with Crippen LogP contribution in [0.25, 0.3) is 0 Å². The summed E-state index contributed by atoms with van der Waals surface area (Å²) in [5.41, 5.74) is 0. The molecule has 14 heavy (non-hydrogen) atoms. The highest BCUT2D eigenvalue weighted by atomic mass is 32.1. The number of aromatic nitrogens is 3. The van der Waals surface area contributed by atoms with Crippen molar-refractivity contribution < 1.29 is 0 Å². The summed E-state index contributed by atoms with van der Waals surface area (Å²) in [5, 5.41) is 9.17. The molecule has 0 bridgehead atoms. The Morgan fingerprint density at radius 1 is 1.43 bits per heavy atom. The summed E-state index contributed by atoms with van der Waals surface area (Å²) in [6, 6.07) is 0. The molecule has 74 valence electrons. The summed E-state index contributed by atoms with van der Waals surface area (Å²) in [5.74, 6) is 0. The van der Waals surface area contributed by atoms with Gasteiger partial charge in [0.05, 0.1) is 17.7 Å². The van der Waals surface area contributed by atoms with Crippen molar-refractivity contribution in [1.29, 1.82) is 0 Å². The van der Waals surface area contributed by atoms with E-state index in [1.54, 1.807) is 17.5 Å². The number of hydrogen-bond donors (Lipinski definition) is 1. The van der Waals surface area contributed by atoms with E-state index in [0.29, 0.717) is 0 Å². The van der Waals surface area contributed by atoms with Gasteiger partial charge in [0.2, 0.25) is 0 Å². The molecule has 0 fully saturated rings. The second-order valence-corrected chi connectivity index (χ2v) is 4.69. The van der Waals surface area contributed by atoms with Crippen LogP contribution in [0.2, 0.25) is 0 Å². The number of nitrogens with zero attached hydrogens (tertiary/aromatic N) is 3. The lowest BCUT2D eigenvalue weighted by molar-refractivity contribution is 1.09. The minimum atomic E-state index is 0.807. The Morgan fingerprint density at radius 2 is 2.36 bits per heavy atom. The van der Waals surface area contributed by atoms with Crippen molar-refractivity contribution in [2.24, 2.45) is 0 Å². The maximum atomic E-state index is 4.29. The van der Waals surface area contributed by atoms with Gasteiger partial charge in [0.1, 0.15) is 5.00 Å². The lowest BCUT2D eigenvalue weighted by Gasteiger charge is -1.97. The van der Waals surface area contributed by atoms with E-state index in [1.165, 1.54) is 21.4 Å². The summed E-state index contributed by atoms with van der Waals surface area (Å²) < 4.78 is 3.77. The van der Waals surface area contributed by atoms with E-state index in [-0.39, 0.29) is 0 Å². The fourth-order valence-corrected chi connectivity index (χ4v) is 2.23. The van der Waals surface area contributed by atoms with Crippen LogP contribution in [0.4, 0.5) is 5.00 Å². The first kappa shape index (κ1) is 9.54. The molecule has 2 rings (SSSR count). The molecule has 0 aliphatic carbocycles. The largest absolute Gasteiger partial charge is 0.369 e. The number of rotatable bonds is 4. The van der Waals surface area contributed by atoms with Gasteiger partial charge in [-0.05, 0) is 6.42 Å². The summed E-state index contributed by atoms with van der Waals surface area (Å²) in [6.45, 7) is 2.92. The third-order valence-electron chi connectivity index (χ3n) is 1.70. The molecule has 0 spiro atoms. The average Bonchev–Trinajstić information content (AvgIpc) is 2.86. The smallest absolute Gasteiger partial charge is 0.130 e. The molecule has 0 aliphatic rings. The van der Waals surface area contributed by atoms with Crippen LogP contribution >= 0.6 is 22.9 Å². The van der Waals surface area contributed by atoms with Crippen LogP contribution in [0.1, 0.15) is 16.8 Å². The fraction of sp³-hybridized carbons (Fsp3) is 0.375. The van der Waals surface area contributed by atoms with Crippen LogP contribution in [-0.2, 0) is 13.0 Å². The van der Waals surface area contributed by atoms with Gasteiger partial charge in [0.25, 0.3) is 0 Å². The van der Waals surface area contributed by atoms with E-state index >= 15 is 0 Å². The first-order valence-corrected chi connectivity index (χ1v) is 5.92.